The fourth-order valence-electron chi connectivity index (χ4n) is 0.832. The van der Waals surface area contributed by atoms with Crippen LogP contribution in [0, 0.1) is 6.92 Å². The molecule has 57 valence electrons. The molecule has 1 radical (unpaired) electrons. The first-order valence-electron chi connectivity index (χ1n) is 3.31. The zero-order valence-electron chi connectivity index (χ0n) is 6.08. The minimum Gasteiger partial charge on any atom is -0.481 e. The number of hydrogen-bond donors (Lipinski definition) is 1. The van der Waals surface area contributed by atoms with Crippen molar-refractivity contribution in [2.45, 2.75) is 6.42 Å². The Bertz CT molecular complexity index is 249. The van der Waals surface area contributed by atoms with E-state index in [1.807, 2.05) is 0 Å². The Balaban J connectivity index is 2.74. The monoisotopic (exact) mass is 149 g/mol. The lowest BCUT2D eigenvalue weighted by molar-refractivity contribution is -0.136. The topological polar surface area (TPSA) is 37.3 Å². The van der Waals surface area contributed by atoms with Crippen LogP contribution in [0.3, 0.4) is 0 Å². The third-order valence-corrected chi connectivity index (χ3v) is 1.38. The van der Waals surface area contributed by atoms with Gasteiger partial charge in [0, 0.05) is 0 Å². The molecule has 1 N–H and O–H groups in total. The number of aliphatic carboxylic acids is 1. The van der Waals surface area contributed by atoms with Gasteiger partial charge in [-0.3, -0.25) is 4.79 Å². The van der Waals surface area contributed by atoms with E-state index in [4.69, 9.17) is 5.11 Å². The van der Waals surface area contributed by atoms with Gasteiger partial charge in [0.25, 0.3) is 0 Å². The summed E-state index contributed by atoms with van der Waals surface area (Å²) in [4.78, 5) is 10.2. The molecule has 0 saturated heterocycles. The van der Waals surface area contributed by atoms with E-state index in [9.17, 15) is 4.79 Å². The number of carboxylic acids is 1. The van der Waals surface area contributed by atoms with Crippen LogP contribution in [0.15, 0.2) is 24.3 Å². The number of benzene rings is 1. The van der Waals surface area contributed by atoms with E-state index >= 15 is 0 Å². The van der Waals surface area contributed by atoms with Crippen molar-refractivity contribution in [3.8, 4) is 0 Å². The first-order chi connectivity index (χ1) is 5.18. The van der Waals surface area contributed by atoms with E-state index in [0.29, 0.717) is 0 Å². The Hall–Kier alpha value is -1.31. The minimum absolute atomic E-state index is 0.0836. The van der Waals surface area contributed by atoms with E-state index in [2.05, 4.69) is 6.92 Å². The van der Waals surface area contributed by atoms with Gasteiger partial charge in [-0.2, -0.15) is 0 Å². The predicted octanol–water partition coefficient (Wildman–Crippen LogP) is 1.50. The van der Waals surface area contributed by atoms with Crippen molar-refractivity contribution < 1.29 is 9.90 Å². The summed E-state index contributed by atoms with van der Waals surface area (Å²) in [6.45, 7) is 3.69. The van der Waals surface area contributed by atoms with Gasteiger partial charge in [0.2, 0.25) is 0 Å². The molecule has 0 bridgehead atoms. The predicted molar refractivity (Wildman–Crippen MR) is 42.2 cm³/mol. The molecule has 1 aromatic carbocycles. The molecule has 0 aliphatic carbocycles. The quantitative estimate of drug-likeness (QED) is 0.691. The maximum Gasteiger partial charge on any atom is 0.307 e. The maximum atomic E-state index is 10.2. The average molecular weight is 149 g/mol. The first kappa shape index (κ1) is 7.79. The molecule has 2 nitrogen and oxygen atoms in total. The van der Waals surface area contributed by atoms with Crippen LogP contribution in [-0.4, -0.2) is 11.1 Å². The Labute approximate surface area is 65.5 Å². The summed E-state index contributed by atoms with van der Waals surface area (Å²) in [7, 11) is 0. The fraction of sp³-hybridized carbons (Fsp3) is 0.111. The number of carboxylic acid groups (broad SMARTS) is 1. The van der Waals surface area contributed by atoms with Crippen LogP contribution < -0.4 is 0 Å². The standard InChI is InChI=1S/C9H9O2/c1-7-2-4-8(5-3-7)6-9(10)11/h2-5H,1,6H2,(H,10,11). The van der Waals surface area contributed by atoms with Crippen molar-refractivity contribution >= 4 is 5.97 Å². The number of rotatable bonds is 2. The van der Waals surface area contributed by atoms with Crippen molar-refractivity contribution in [2.75, 3.05) is 0 Å². The molecule has 0 aliphatic heterocycles. The van der Waals surface area contributed by atoms with Crippen LogP contribution in [-0.2, 0) is 11.2 Å². The lowest BCUT2D eigenvalue weighted by Crippen LogP contribution is -1.99. The Kier molecular flexibility index (Phi) is 2.26. The average Bonchev–Trinajstić information content (AvgIpc) is 1.93. The van der Waals surface area contributed by atoms with Crippen molar-refractivity contribution in [2.24, 2.45) is 0 Å². The summed E-state index contributed by atoms with van der Waals surface area (Å²) in [6, 6.07) is 7.16. The van der Waals surface area contributed by atoms with Crippen LogP contribution in [0.1, 0.15) is 11.1 Å². The second-order valence-electron chi connectivity index (χ2n) is 2.39. The van der Waals surface area contributed by atoms with Gasteiger partial charge < -0.3 is 5.11 Å². The van der Waals surface area contributed by atoms with Crippen LogP contribution in [0.4, 0.5) is 0 Å². The smallest absolute Gasteiger partial charge is 0.307 e. The summed E-state index contributed by atoms with van der Waals surface area (Å²) in [5.41, 5.74) is 1.71. The maximum absolute atomic E-state index is 10.2. The molecule has 0 unspecified atom stereocenters. The number of carbonyl (C=O) groups is 1. The fourth-order valence-corrected chi connectivity index (χ4v) is 0.832. The summed E-state index contributed by atoms with van der Waals surface area (Å²) in [5, 5.41) is 8.42. The molecule has 0 aliphatic rings. The summed E-state index contributed by atoms with van der Waals surface area (Å²) >= 11 is 0. The third-order valence-electron chi connectivity index (χ3n) is 1.38. The van der Waals surface area contributed by atoms with Crippen molar-refractivity contribution in [3.05, 3.63) is 42.3 Å². The second kappa shape index (κ2) is 3.19. The highest BCUT2D eigenvalue weighted by molar-refractivity contribution is 5.70. The lowest BCUT2D eigenvalue weighted by Gasteiger charge is -1.96. The highest BCUT2D eigenvalue weighted by Gasteiger charge is 1.97. The van der Waals surface area contributed by atoms with E-state index < -0.39 is 5.97 Å². The molecule has 0 fully saturated rings. The molecule has 0 saturated carbocycles. The van der Waals surface area contributed by atoms with Gasteiger partial charge in [-0.15, -0.1) is 0 Å². The molecular weight excluding hydrogens is 140 g/mol. The van der Waals surface area contributed by atoms with Gasteiger partial charge in [0.1, 0.15) is 0 Å². The second-order valence-corrected chi connectivity index (χ2v) is 2.39. The van der Waals surface area contributed by atoms with Gasteiger partial charge in [-0.1, -0.05) is 24.3 Å². The summed E-state index contributed by atoms with van der Waals surface area (Å²) in [6.07, 6.45) is 0.0836. The largest absolute Gasteiger partial charge is 0.481 e. The van der Waals surface area contributed by atoms with E-state index in [1.54, 1.807) is 24.3 Å². The van der Waals surface area contributed by atoms with Crippen molar-refractivity contribution in [1.29, 1.82) is 0 Å². The molecule has 0 heterocycles. The van der Waals surface area contributed by atoms with Gasteiger partial charge in [-0.25, -0.2) is 0 Å². The lowest BCUT2D eigenvalue weighted by atomic mass is 10.1. The number of hydrogen-bond acceptors (Lipinski definition) is 1. The van der Waals surface area contributed by atoms with Crippen LogP contribution in [0.25, 0.3) is 0 Å². The summed E-state index contributed by atoms with van der Waals surface area (Å²) < 4.78 is 0. The molecular formula is C9H9O2. The van der Waals surface area contributed by atoms with Gasteiger partial charge >= 0.3 is 5.97 Å². The minimum atomic E-state index is -0.804. The van der Waals surface area contributed by atoms with Crippen LogP contribution >= 0.6 is 0 Å². The third kappa shape index (κ3) is 2.42. The zero-order valence-corrected chi connectivity index (χ0v) is 6.08. The molecule has 0 spiro atoms. The van der Waals surface area contributed by atoms with Crippen molar-refractivity contribution in [1.82, 2.24) is 0 Å². The van der Waals surface area contributed by atoms with E-state index in [-0.39, 0.29) is 6.42 Å². The molecule has 2 heteroatoms. The SMILES string of the molecule is [CH2]c1ccc(CC(=O)O)cc1. The normalized spacial score (nSPS) is 9.55. The molecule has 0 atom stereocenters. The zero-order chi connectivity index (χ0) is 8.27. The van der Waals surface area contributed by atoms with Crippen LogP contribution in [0.5, 0.6) is 0 Å². The van der Waals surface area contributed by atoms with E-state index in [0.717, 1.165) is 11.1 Å². The molecule has 0 aromatic heterocycles. The molecule has 11 heavy (non-hydrogen) atoms. The van der Waals surface area contributed by atoms with Gasteiger partial charge in [-0.05, 0) is 18.1 Å². The van der Waals surface area contributed by atoms with Gasteiger partial charge in [0.15, 0.2) is 0 Å². The highest BCUT2D eigenvalue weighted by atomic mass is 16.4. The Morgan fingerprint density at radius 3 is 2.36 bits per heavy atom. The Morgan fingerprint density at radius 2 is 1.91 bits per heavy atom. The highest BCUT2D eigenvalue weighted by Crippen LogP contribution is 2.03. The van der Waals surface area contributed by atoms with Crippen molar-refractivity contribution in [3.63, 3.8) is 0 Å². The Morgan fingerprint density at radius 1 is 1.36 bits per heavy atom. The molecule has 0 amide bonds. The van der Waals surface area contributed by atoms with Gasteiger partial charge in [0.05, 0.1) is 6.42 Å². The summed E-state index contributed by atoms with van der Waals surface area (Å²) in [5.74, 6) is -0.804. The molecule has 1 rings (SSSR count). The first-order valence-corrected chi connectivity index (χ1v) is 3.31. The van der Waals surface area contributed by atoms with Crippen LogP contribution in [0.2, 0.25) is 0 Å². The van der Waals surface area contributed by atoms with E-state index in [1.165, 1.54) is 0 Å². The molecule has 1 aromatic rings.